The Kier molecular flexibility index (Phi) is 5.09. The monoisotopic (exact) mass is 385 g/mol. The van der Waals surface area contributed by atoms with E-state index in [9.17, 15) is 4.79 Å². The molecule has 0 unspecified atom stereocenters. The minimum absolute atomic E-state index is 0.164. The van der Waals surface area contributed by atoms with E-state index >= 15 is 0 Å². The Hall–Kier alpha value is -3.56. The summed E-state index contributed by atoms with van der Waals surface area (Å²) in [7, 11) is 0. The fourth-order valence-corrected chi connectivity index (χ4v) is 3.50. The standard InChI is InChI=1S/C22H15N3O2S/c23-14-15-28-22-24-20-9-5-4-8-19(20)21(26)25(22)16-10-12-18(13-11-16)27-17-6-2-1-3-7-17/h1-13H,15H2. The summed E-state index contributed by atoms with van der Waals surface area (Å²) in [5.41, 5.74) is 1.13. The molecule has 1 aromatic heterocycles. The molecule has 3 aromatic carbocycles. The number of ether oxygens (including phenoxy) is 1. The molecule has 0 aliphatic carbocycles. The van der Waals surface area contributed by atoms with E-state index in [1.54, 1.807) is 12.1 Å². The third kappa shape index (κ3) is 3.61. The molecule has 0 radical (unpaired) electrons. The van der Waals surface area contributed by atoms with Crippen molar-refractivity contribution in [2.24, 2.45) is 0 Å². The number of rotatable bonds is 5. The average Bonchev–Trinajstić information content (AvgIpc) is 2.74. The SMILES string of the molecule is N#CCSc1nc2ccccc2c(=O)n1-c1ccc(Oc2ccccc2)cc1. The summed E-state index contributed by atoms with van der Waals surface area (Å²) in [6, 6.07) is 26.0. The molecule has 6 heteroatoms. The van der Waals surface area contributed by atoms with Crippen LogP contribution in [0.4, 0.5) is 0 Å². The first kappa shape index (κ1) is 17.8. The molecule has 0 aliphatic rings. The normalized spacial score (nSPS) is 10.5. The van der Waals surface area contributed by atoms with Gasteiger partial charge in [0, 0.05) is 0 Å². The quantitative estimate of drug-likeness (QED) is 0.365. The number of nitriles is 1. The van der Waals surface area contributed by atoms with Gasteiger partial charge in [0.15, 0.2) is 5.16 Å². The molecule has 1 heterocycles. The summed E-state index contributed by atoms with van der Waals surface area (Å²) in [5.74, 6) is 1.62. The van der Waals surface area contributed by atoms with Gasteiger partial charge in [-0.3, -0.25) is 9.36 Å². The molecule has 0 aliphatic heterocycles. The van der Waals surface area contributed by atoms with Crippen LogP contribution >= 0.6 is 11.8 Å². The molecule has 0 N–H and O–H groups in total. The second kappa shape index (κ2) is 7.99. The largest absolute Gasteiger partial charge is 0.457 e. The lowest BCUT2D eigenvalue weighted by Crippen LogP contribution is -2.21. The zero-order valence-corrected chi connectivity index (χ0v) is 15.6. The number of benzene rings is 3. The number of hydrogen-bond acceptors (Lipinski definition) is 5. The maximum Gasteiger partial charge on any atom is 0.266 e. The third-order valence-corrected chi connectivity index (χ3v) is 4.89. The van der Waals surface area contributed by atoms with Crippen molar-refractivity contribution < 1.29 is 4.74 Å². The van der Waals surface area contributed by atoms with Gasteiger partial charge >= 0.3 is 0 Å². The fourth-order valence-electron chi connectivity index (χ4n) is 2.82. The maximum atomic E-state index is 13.1. The number of para-hydroxylation sites is 2. The van der Waals surface area contributed by atoms with Crippen molar-refractivity contribution in [1.29, 1.82) is 5.26 Å². The van der Waals surface area contributed by atoms with Gasteiger partial charge in [0.2, 0.25) is 0 Å². The van der Waals surface area contributed by atoms with E-state index in [-0.39, 0.29) is 11.3 Å². The minimum Gasteiger partial charge on any atom is -0.457 e. The Morgan fingerprint density at radius 3 is 2.36 bits per heavy atom. The summed E-state index contributed by atoms with van der Waals surface area (Å²) in [6.07, 6.45) is 0. The van der Waals surface area contributed by atoms with E-state index in [1.807, 2.05) is 66.7 Å². The first-order chi connectivity index (χ1) is 13.8. The van der Waals surface area contributed by atoms with Gasteiger partial charge in [0.25, 0.3) is 5.56 Å². The van der Waals surface area contributed by atoms with Crippen molar-refractivity contribution in [2.75, 3.05) is 5.75 Å². The lowest BCUT2D eigenvalue weighted by molar-refractivity contribution is 0.482. The zero-order chi connectivity index (χ0) is 19.3. The number of thioether (sulfide) groups is 1. The molecular formula is C22H15N3O2S. The smallest absolute Gasteiger partial charge is 0.266 e. The van der Waals surface area contributed by atoms with E-state index < -0.39 is 0 Å². The molecule has 0 bridgehead atoms. The highest BCUT2D eigenvalue weighted by molar-refractivity contribution is 7.99. The highest BCUT2D eigenvalue weighted by atomic mass is 32.2. The van der Waals surface area contributed by atoms with E-state index in [0.29, 0.717) is 27.5 Å². The average molecular weight is 385 g/mol. The summed E-state index contributed by atoms with van der Waals surface area (Å²) >= 11 is 1.24. The molecule has 0 amide bonds. The molecule has 4 aromatic rings. The molecular weight excluding hydrogens is 370 g/mol. The Morgan fingerprint density at radius 1 is 0.929 bits per heavy atom. The van der Waals surface area contributed by atoms with Gasteiger partial charge in [-0.1, -0.05) is 42.1 Å². The molecule has 0 fully saturated rings. The van der Waals surface area contributed by atoms with Crippen LogP contribution in [-0.2, 0) is 0 Å². The predicted molar refractivity (Wildman–Crippen MR) is 110 cm³/mol. The van der Waals surface area contributed by atoms with Crippen LogP contribution in [0.1, 0.15) is 0 Å². The van der Waals surface area contributed by atoms with Crippen molar-refractivity contribution in [2.45, 2.75) is 5.16 Å². The van der Waals surface area contributed by atoms with E-state index in [2.05, 4.69) is 11.1 Å². The van der Waals surface area contributed by atoms with Gasteiger partial charge in [-0.05, 0) is 48.5 Å². The van der Waals surface area contributed by atoms with Crippen LogP contribution < -0.4 is 10.3 Å². The molecule has 136 valence electrons. The van der Waals surface area contributed by atoms with Crippen LogP contribution in [0.25, 0.3) is 16.6 Å². The second-order valence-electron chi connectivity index (χ2n) is 5.91. The van der Waals surface area contributed by atoms with Crippen molar-refractivity contribution in [3.05, 3.63) is 89.2 Å². The lowest BCUT2D eigenvalue weighted by Gasteiger charge is -2.13. The van der Waals surface area contributed by atoms with Crippen molar-refractivity contribution in [3.63, 3.8) is 0 Å². The van der Waals surface area contributed by atoms with Gasteiger partial charge < -0.3 is 4.74 Å². The molecule has 0 atom stereocenters. The molecule has 28 heavy (non-hydrogen) atoms. The number of aromatic nitrogens is 2. The Labute approximate surface area is 165 Å². The molecule has 5 nitrogen and oxygen atoms in total. The number of hydrogen-bond donors (Lipinski definition) is 0. The third-order valence-electron chi connectivity index (χ3n) is 4.08. The zero-order valence-electron chi connectivity index (χ0n) is 14.8. The first-order valence-corrected chi connectivity index (χ1v) is 9.60. The summed E-state index contributed by atoms with van der Waals surface area (Å²) in [4.78, 5) is 17.7. The van der Waals surface area contributed by atoms with Crippen LogP contribution in [0.5, 0.6) is 11.5 Å². The highest BCUT2D eigenvalue weighted by Crippen LogP contribution is 2.25. The number of fused-ring (bicyclic) bond motifs is 1. The maximum absolute atomic E-state index is 13.1. The fraction of sp³-hybridized carbons (Fsp3) is 0.0455. The summed E-state index contributed by atoms with van der Waals surface area (Å²) in [5, 5.41) is 9.97. The molecule has 0 spiro atoms. The van der Waals surface area contributed by atoms with Gasteiger partial charge in [0.05, 0.1) is 28.4 Å². The minimum atomic E-state index is -0.164. The summed E-state index contributed by atoms with van der Waals surface area (Å²) in [6.45, 7) is 0. The first-order valence-electron chi connectivity index (χ1n) is 8.61. The van der Waals surface area contributed by atoms with Crippen molar-refractivity contribution in [3.8, 4) is 23.3 Å². The van der Waals surface area contributed by atoms with Gasteiger partial charge in [-0.2, -0.15) is 5.26 Å². The molecule has 0 saturated heterocycles. The second-order valence-corrected chi connectivity index (χ2v) is 6.85. The highest BCUT2D eigenvalue weighted by Gasteiger charge is 2.13. The van der Waals surface area contributed by atoms with Crippen molar-refractivity contribution in [1.82, 2.24) is 9.55 Å². The Bertz CT molecular complexity index is 1210. The Morgan fingerprint density at radius 2 is 1.61 bits per heavy atom. The topological polar surface area (TPSA) is 67.9 Å². The van der Waals surface area contributed by atoms with Crippen LogP contribution in [0.3, 0.4) is 0 Å². The molecule has 4 rings (SSSR count). The van der Waals surface area contributed by atoms with Crippen LogP contribution in [0.2, 0.25) is 0 Å². The molecule has 0 saturated carbocycles. The van der Waals surface area contributed by atoms with Gasteiger partial charge in [0.1, 0.15) is 11.5 Å². The van der Waals surface area contributed by atoms with Gasteiger partial charge in [-0.15, -0.1) is 0 Å². The van der Waals surface area contributed by atoms with Crippen LogP contribution in [0.15, 0.2) is 88.8 Å². The lowest BCUT2D eigenvalue weighted by atomic mass is 10.2. The van der Waals surface area contributed by atoms with Crippen molar-refractivity contribution >= 4 is 22.7 Å². The van der Waals surface area contributed by atoms with Crippen LogP contribution in [0, 0.1) is 11.3 Å². The Balaban J connectivity index is 1.76. The van der Waals surface area contributed by atoms with Gasteiger partial charge in [-0.25, -0.2) is 4.98 Å². The van der Waals surface area contributed by atoms with E-state index in [4.69, 9.17) is 10.00 Å². The van der Waals surface area contributed by atoms with E-state index in [1.165, 1.54) is 16.3 Å². The van der Waals surface area contributed by atoms with E-state index in [0.717, 1.165) is 5.75 Å². The summed E-state index contributed by atoms with van der Waals surface area (Å²) < 4.78 is 7.35. The predicted octanol–water partition coefficient (Wildman–Crippen LogP) is 4.79. The van der Waals surface area contributed by atoms with Crippen LogP contribution in [-0.4, -0.2) is 15.3 Å². The number of nitrogens with zero attached hydrogens (tertiary/aromatic N) is 3.